The van der Waals surface area contributed by atoms with Crippen LogP contribution in [-0.2, 0) is 0 Å². The highest BCUT2D eigenvalue weighted by Crippen LogP contribution is 2.25. The van der Waals surface area contributed by atoms with E-state index >= 15 is 0 Å². The van der Waals surface area contributed by atoms with Gasteiger partial charge in [-0.05, 0) is 33.6 Å². The highest BCUT2D eigenvalue weighted by Gasteiger charge is 2.20. The summed E-state index contributed by atoms with van der Waals surface area (Å²) in [5.41, 5.74) is -0.192. The highest BCUT2D eigenvalue weighted by atomic mass is 79.9. The molecule has 1 rings (SSSR count). The van der Waals surface area contributed by atoms with Crippen molar-refractivity contribution in [3.8, 4) is 6.07 Å². The van der Waals surface area contributed by atoms with E-state index in [1.54, 1.807) is 0 Å². The number of rotatable bonds is 2. The zero-order valence-electron chi connectivity index (χ0n) is 7.28. The lowest BCUT2D eigenvalue weighted by molar-refractivity contribution is 0.0523. The van der Waals surface area contributed by atoms with Crippen LogP contribution in [0.1, 0.15) is 11.7 Å². The lowest BCUT2D eigenvalue weighted by Gasteiger charge is -2.12. The molecule has 0 heterocycles. The van der Waals surface area contributed by atoms with Gasteiger partial charge in [0.05, 0.1) is 10.5 Å². The van der Waals surface area contributed by atoms with E-state index in [4.69, 9.17) is 10.4 Å². The van der Waals surface area contributed by atoms with Gasteiger partial charge < -0.3 is 10.2 Å². The molecular weight excluding hydrogens is 272 g/mol. The van der Waals surface area contributed by atoms with E-state index in [0.717, 1.165) is 12.1 Å². The number of nitriles is 1. The van der Waals surface area contributed by atoms with Gasteiger partial charge in [-0.15, -0.1) is 0 Å². The molecule has 0 aliphatic heterocycles. The molecule has 0 amide bonds. The molecule has 0 saturated heterocycles. The predicted octanol–water partition coefficient (Wildman–Crippen LogP) is 1.65. The Balaban J connectivity index is 3.12. The molecule has 6 heteroatoms. The molecule has 0 fully saturated rings. The van der Waals surface area contributed by atoms with Crippen LogP contribution in [0.5, 0.6) is 0 Å². The third-order valence-corrected chi connectivity index (χ3v) is 2.54. The van der Waals surface area contributed by atoms with Crippen molar-refractivity contribution >= 4 is 15.9 Å². The topological polar surface area (TPSA) is 64.2 Å². The molecule has 0 aromatic heterocycles. The van der Waals surface area contributed by atoms with Crippen LogP contribution in [0.3, 0.4) is 0 Å². The Kier molecular flexibility index (Phi) is 3.74. The quantitative estimate of drug-likeness (QED) is 0.638. The number of aliphatic hydroxyl groups is 2. The van der Waals surface area contributed by atoms with Crippen LogP contribution >= 0.6 is 15.9 Å². The van der Waals surface area contributed by atoms with Crippen LogP contribution in [0.4, 0.5) is 8.78 Å². The average Bonchev–Trinajstić information content (AvgIpc) is 2.23. The Morgan fingerprint density at radius 2 is 1.73 bits per heavy atom. The fraction of sp³-hybridized carbons (Fsp3) is 0.222. The molecule has 0 radical (unpaired) electrons. The summed E-state index contributed by atoms with van der Waals surface area (Å²) in [6, 6.07) is 3.06. The minimum absolute atomic E-state index is 0.192. The second-order valence-electron chi connectivity index (χ2n) is 2.82. The maximum absolute atomic E-state index is 13.0. The van der Waals surface area contributed by atoms with E-state index < -0.39 is 23.8 Å². The predicted molar refractivity (Wildman–Crippen MR) is 50.6 cm³/mol. The fourth-order valence-corrected chi connectivity index (χ4v) is 1.23. The van der Waals surface area contributed by atoms with Crippen molar-refractivity contribution in [3.63, 3.8) is 0 Å². The standard InChI is InChI=1S/C9H6BrF2NO2/c10-8-5(11)1-4(2-6(8)12)9(15)7(14)3-13/h1-2,7,9,14-15H. The molecule has 1 aromatic carbocycles. The first-order valence-electron chi connectivity index (χ1n) is 3.87. The number of hydrogen-bond donors (Lipinski definition) is 2. The second kappa shape index (κ2) is 4.66. The molecule has 1 aromatic rings. The summed E-state index contributed by atoms with van der Waals surface area (Å²) < 4.78 is 25.7. The molecule has 0 bridgehead atoms. The smallest absolute Gasteiger partial charge is 0.170 e. The first-order chi connectivity index (χ1) is 6.97. The van der Waals surface area contributed by atoms with Gasteiger partial charge in [0.1, 0.15) is 17.7 Å². The van der Waals surface area contributed by atoms with Crippen LogP contribution in [0.15, 0.2) is 16.6 Å². The number of aliphatic hydroxyl groups excluding tert-OH is 2. The van der Waals surface area contributed by atoms with E-state index in [1.807, 2.05) is 0 Å². The Bertz CT molecular complexity index is 396. The van der Waals surface area contributed by atoms with E-state index in [0.29, 0.717) is 0 Å². The maximum Gasteiger partial charge on any atom is 0.170 e. The molecular formula is C9H6BrF2NO2. The Morgan fingerprint density at radius 1 is 1.27 bits per heavy atom. The molecule has 0 saturated carbocycles. The van der Waals surface area contributed by atoms with Crippen LogP contribution in [-0.4, -0.2) is 16.3 Å². The summed E-state index contributed by atoms with van der Waals surface area (Å²) in [5.74, 6) is -1.82. The van der Waals surface area contributed by atoms with Crippen molar-refractivity contribution in [2.75, 3.05) is 0 Å². The third kappa shape index (κ3) is 2.50. The second-order valence-corrected chi connectivity index (χ2v) is 3.61. The summed E-state index contributed by atoms with van der Waals surface area (Å²) in [6.45, 7) is 0. The molecule has 0 spiro atoms. The van der Waals surface area contributed by atoms with E-state index in [9.17, 15) is 13.9 Å². The van der Waals surface area contributed by atoms with Gasteiger partial charge >= 0.3 is 0 Å². The summed E-state index contributed by atoms with van der Waals surface area (Å²) in [7, 11) is 0. The van der Waals surface area contributed by atoms with Crippen molar-refractivity contribution in [1.29, 1.82) is 5.26 Å². The summed E-state index contributed by atoms with van der Waals surface area (Å²) in [6.07, 6.45) is -3.35. The van der Waals surface area contributed by atoms with Gasteiger partial charge in [-0.1, -0.05) is 0 Å². The highest BCUT2D eigenvalue weighted by molar-refractivity contribution is 9.10. The van der Waals surface area contributed by atoms with Gasteiger partial charge in [0, 0.05) is 0 Å². The van der Waals surface area contributed by atoms with E-state index in [1.165, 1.54) is 6.07 Å². The van der Waals surface area contributed by atoms with Crippen molar-refractivity contribution in [2.45, 2.75) is 12.2 Å². The zero-order valence-corrected chi connectivity index (χ0v) is 8.87. The van der Waals surface area contributed by atoms with Gasteiger partial charge in [-0.25, -0.2) is 8.78 Å². The maximum atomic E-state index is 13.0. The fourth-order valence-electron chi connectivity index (χ4n) is 0.999. The SMILES string of the molecule is N#CC(O)C(O)c1cc(F)c(Br)c(F)c1. The van der Waals surface area contributed by atoms with Gasteiger partial charge in [0.15, 0.2) is 6.10 Å². The van der Waals surface area contributed by atoms with E-state index in [2.05, 4.69) is 15.9 Å². The molecule has 80 valence electrons. The minimum Gasteiger partial charge on any atom is -0.385 e. The van der Waals surface area contributed by atoms with Crippen LogP contribution in [0.25, 0.3) is 0 Å². The minimum atomic E-state index is -1.72. The van der Waals surface area contributed by atoms with Gasteiger partial charge in [-0.2, -0.15) is 5.26 Å². The summed E-state index contributed by atoms with van der Waals surface area (Å²) in [4.78, 5) is 0. The number of hydrogen-bond acceptors (Lipinski definition) is 3. The van der Waals surface area contributed by atoms with E-state index in [-0.39, 0.29) is 10.0 Å². The third-order valence-electron chi connectivity index (χ3n) is 1.78. The molecule has 2 N–H and O–H groups in total. The molecule has 3 nitrogen and oxygen atoms in total. The van der Waals surface area contributed by atoms with Crippen LogP contribution < -0.4 is 0 Å². The van der Waals surface area contributed by atoms with Crippen LogP contribution in [0.2, 0.25) is 0 Å². The van der Waals surface area contributed by atoms with Gasteiger partial charge in [0.25, 0.3) is 0 Å². The van der Waals surface area contributed by atoms with Gasteiger partial charge in [-0.3, -0.25) is 0 Å². The summed E-state index contributed by atoms with van der Waals surface area (Å²) in [5, 5.41) is 26.6. The molecule has 15 heavy (non-hydrogen) atoms. The molecule has 0 aliphatic rings. The average molecular weight is 278 g/mol. The number of halogens is 3. The molecule has 0 aliphatic carbocycles. The largest absolute Gasteiger partial charge is 0.385 e. The lowest BCUT2D eigenvalue weighted by atomic mass is 10.1. The normalized spacial score (nSPS) is 14.4. The Labute approximate surface area is 92.7 Å². The zero-order chi connectivity index (χ0) is 11.6. The first kappa shape index (κ1) is 12.0. The molecule has 2 unspecified atom stereocenters. The first-order valence-corrected chi connectivity index (χ1v) is 4.67. The number of nitrogens with zero attached hydrogens (tertiary/aromatic N) is 1. The number of benzene rings is 1. The Morgan fingerprint density at radius 3 is 2.13 bits per heavy atom. The van der Waals surface area contributed by atoms with Crippen molar-refractivity contribution in [1.82, 2.24) is 0 Å². The monoisotopic (exact) mass is 277 g/mol. The Hall–Kier alpha value is -1.03. The van der Waals surface area contributed by atoms with Crippen molar-refractivity contribution in [3.05, 3.63) is 33.8 Å². The van der Waals surface area contributed by atoms with Crippen LogP contribution in [0, 0.1) is 23.0 Å². The molecule has 2 atom stereocenters. The van der Waals surface area contributed by atoms with Crippen molar-refractivity contribution < 1.29 is 19.0 Å². The van der Waals surface area contributed by atoms with Gasteiger partial charge in [0.2, 0.25) is 0 Å². The van der Waals surface area contributed by atoms with Crippen molar-refractivity contribution in [2.24, 2.45) is 0 Å². The summed E-state index contributed by atoms with van der Waals surface area (Å²) >= 11 is 2.66. The lowest BCUT2D eigenvalue weighted by Crippen LogP contribution is -2.16.